The number of anilines is 1. The maximum atomic E-state index is 11.9. The van der Waals surface area contributed by atoms with Gasteiger partial charge in [0.25, 0.3) is 10.0 Å². The third-order valence-corrected chi connectivity index (χ3v) is 5.96. The van der Waals surface area contributed by atoms with E-state index < -0.39 is 10.0 Å². The van der Waals surface area contributed by atoms with Crippen molar-refractivity contribution in [2.24, 2.45) is 5.92 Å². The molecule has 0 amide bonds. The van der Waals surface area contributed by atoms with Crippen LogP contribution in [0, 0.1) is 5.92 Å². The summed E-state index contributed by atoms with van der Waals surface area (Å²) in [5.74, 6) is 0.224. The molecule has 0 spiro atoms. The molecule has 2 rings (SSSR count). The first kappa shape index (κ1) is 12.2. The highest BCUT2D eigenvalue weighted by molar-refractivity contribution is 7.92. The van der Waals surface area contributed by atoms with Crippen molar-refractivity contribution in [2.75, 3.05) is 5.32 Å². The van der Waals surface area contributed by atoms with E-state index >= 15 is 0 Å². The maximum Gasteiger partial charge on any atom is 0.253 e. The van der Waals surface area contributed by atoms with Crippen molar-refractivity contribution in [3.63, 3.8) is 0 Å². The summed E-state index contributed by atoms with van der Waals surface area (Å²) in [6.07, 6.45) is 0.640. The monoisotopic (exact) mass is 280 g/mol. The molecule has 7 heteroatoms. The van der Waals surface area contributed by atoms with Gasteiger partial charge in [0.2, 0.25) is 0 Å². The molecule has 1 aliphatic rings. The van der Waals surface area contributed by atoms with Crippen LogP contribution in [0.5, 0.6) is 0 Å². The lowest BCUT2D eigenvalue weighted by Crippen LogP contribution is -2.47. The Morgan fingerprint density at radius 1 is 1.62 bits per heavy atom. The van der Waals surface area contributed by atoms with Crippen LogP contribution < -0.4 is 10.0 Å². The molecule has 2 atom stereocenters. The first-order valence-corrected chi connectivity index (χ1v) is 7.70. The number of sulfonamides is 1. The van der Waals surface area contributed by atoms with E-state index in [1.807, 2.05) is 13.8 Å². The standard InChI is InChI=1S/C9H13ClN2O2S2/c1-3-5(2)8-11-6-4-7(10)15-9(6)16(13,14)12-8/h4-5,8,11-12H,3H2,1-2H3. The summed E-state index contributed by atoms with van der Waals surface area (Å²) < 4.78 is 27.2. The number of fused-ring (bicyclic) bond motifs is 1. The Bertz CT molecular complexity index is 498. The minimum absolute atomic E-state index is 0.224. The molecule has 1 aromatic heterocycles. The number of hydrogen-bond donors (Lipinski definition) is 2. The molecule has 90 valence electrons. The van der Waals surface area contributed by atoms with Crippen LogP contribution in [0.4, 0.5) is 5.69 Å². The van der Waals surface area contributed by atoms with Crippen LogP contribution >= 0.6 is 22.9 Å². The van der Waals surface area contributed by atoms with E-state index in [9.17, 15) is 8.42 Å². The minimum Gasteiger partial charge on any atom is -0.367 e. The van der Waals surface area contributed by atoms with Crippen molar-refractivity contribution in [2.45, 2.75) is 30.6 Å². The summed E-state index contributed by atoms with van der Waals surface area (Å²) in [4.78, 5) is 0. The molecule has 2 unspecified atom stereocenters. The van der Waals surface area contributed by atoms with Gasteiger partial charge < -0.3 is 5.32 Å². The first-order chi connectivity index (χ1) is 7.44. The van der Waals surface area contributed by atoms with Gasteiger partial charge in [-0.25, -0.2) is 8.42 Å². The fourth-order valence-corrected chi connectivity index (χ4v) is 4.61. The van der Waals surface area contributed by atoms with Crippen LogP contribution in [0.3, 0.4) is 0 Å². The molecular weight excluding hydrogens is 268 g/mol. The lowest BCUT2D eigenvalue weighted by atomic mass is 10.1. The number of rotatable bonds is 2. The van der Waals surface area contributed by atoms with Crippen molar-refractivity contribution in [3.05, 3.63) is 10.4 Å². The quantitative estimate of drug-likeness (QED) is 0.875. The van der Waals surface area contributed by atoms with Crippen LogP contribution in [-0.2, 0) is 10.0 Å². The zero-order valence-corrected chi connectivity index (χ0v) is 11.3. The van der Waals surface area contributed by atoms with Crippen LogP contribution in [0.25, 0.3) is 0 Å². The summed E-state index contributed by atoms with van der Waals surface area (Å²) in [6.45, 7) is 4.02. The van der Waals surface area contributed by atoms with E-state index in [4.69, 9.17) is 11.6 Å². The third-order valence-electron chi connectivity index (χ3n) is 2.72. The number of hydrogen-bond acceptors (Lipinski definition) is 4. The van der Waals surface area contributed by atoms with Crippen molar-refractivity contribution in [3.8, 4) is 0 Å². The topological polar surface area (TPSA) is 58.2 Å². The SMILES string of the molecule is CCC(C)C1Nc2cc(Cl)sc2S(=O)(=O)N1. The molecule has 4 nitrogen and oxygen atoms in total. The van der Waals surface area contributed by atoms with E-state index in [0.29, 0.717) is 10.0 Å². The van der Waals surface area contributed by atoms with Gasteiger partial charge in [-0.3, -0.25) is 0 Å². The third kappa shape index (κ3) is 2.07. The number of halogens is 1. The van der Waals surface area contributed by atoms with E-state index in [1.54, 1.807) is 6.07 Å². The largest absolute Gasteiger partial charge is 0.367 e. The van der Waals surface area contributed by atoms with Crippen molar-refractivity contribution in [1.82, 2.24) is 4.72 Å². The fraction of sp³-hybridized carbons (Fsp3) is 0.556. The molecule has 16 heavy (non-hydrogen) atoms. The number of thiophene rings is 1. The van der Waals surface area contributed by atoms with Crippen molar-refractivity contribution in [1.29, 1.82) is 0 Å². The van der Waals surface area contributed by atoms with E-state index in [-0.39, 0.29) is 16.3 Å². The smallest absolute Gasteiger partial charge is 0.253 e. The Kier molecular flexibility index (Phi) is 3.18. The van der Waals surface area contributed by atoms with E-state index in [0.717, 1.165) is 17.8 Å². The van der Waals surface area contributed by atoms with Crippen LogP contribution in [0.2, 0.25) is 4.34 Å². The molecule has 1 aromatic rings. The predicted octanol–water partition coefficient (Wildman–Crippen LogP) is 2.48. The Labute approximate surface area is 104 Å². The van der Waals surface area contributed by atoms with Crippen LogP contribution in [-0.4, -0.2) is 14.6 Å². The van der Waals surface area contributed by atoms with Gasteiger partial charge in [0.15, 0.2) is 4.21 Å². The van der Waals surface area contributed by atoms with Gasteiger partial charge in [0.05, 0.1) is 16.2 Å². The molecule has 2 heterocycles. The van der Waals surface area contributed by atoms with E-state index in [2.05, 4.69) is 10.0 Å². The first-order valence-electron chi connectivity index (χ1n) is 5.02. The number of nitrogens with one attached hydrogen (secondary N) is 2. The van der Waals surface area contributed by atoms with Crippen LogP contribution in [0.15, 0.2) is 10.3 Å². The van der Waals surface area contributed by atoms with Gasteiger partial charge in [-0.1, -0.05) is 31.9 Å². The van der Waals surface area contributed by atoms with Gasteiger partial charge in [-0.15, -0.1) is 11.3 Å². The second kappa shape index (κ2) is 4.18. The highest BCUT2D eigenvalue weighted by Crippen LogP contribution is 2.38. The highest BCUT2D eigenvalue weighted by atomic mass is 35.5. The lowest BCUT2D eigenvalue weighted by molar-refractivity contribution is 0.438. The summed E-state index contributed by atoms with van der Waals surface area (Å²) in [7, 11) is -3.40. The zero-order chi connectivity index (χ0) is 11.9. The maximum absolute atomic E-state index is 11.9. The van der Waals surface area contributed by atoms with Gasteiger partial charge >= 0.3 is 0 Å². The Morgan fingerprint density at radius 3 is 2.94 bits per heavy atom. The summed E-state index contributed by atoms with van der Waals surface area (Å²) in [5.41, 5.74) is 0.610. The van der Waals surface area contributed by atoms with Gasteiger partial charge in [-0.05, 0) is 12.0 Å². The zero-order valence-electron chi connectivity index (χ0n) is 8.95. The minimum atomic E-state index is -3.40. The summed E-state index contributed by atoms with van der Waals surface area (Å²) >= 11 is 6.90. The molecule has 0 aromatic carbocycles. The average molecular weight is 281 g/mol. The van der Waals surface area contributed by atoms with E-state index in [1.165, 1.54) is 0 Å². The lowest BCUT2D eigenvalue weighted by Gasteiger charge is -2.29. The Hall–Kier alpha value is -0.300. The van der Waals surface area contributed by atoms with Gasteiger partial charge in [-0.2, -0.15) is 4.72 Å². The molecule has 0 saturated carbocycles. The van der Waals surface area contributed by atoms with Crippen molar-refractivity contribution < 1.29 is 8.42 Å². The molecule has 0 radical (unpaired) electrons. The normalized spacial score (nSPS) is 24.6. The molecular formula is C9H13ClN2O2S2. The average Bonchev–Trinajstić information content (AvgIpc) is 2.57. The Morgan fingerprint density at radius 2 is 2.31 bits per heavy atom. The van der Waals surface area contributed by atoms with Crippen molar-refractivity contribution >= 4 is 38.6 Å². The van der Waals surface area contributed by atoms with Crippen LogP contribution in [0.1, 0.15) is 20.3 Å². The van der Waals surface area contributed by atoms with Gasteiger partial charge in [0.1, 0.15) is 0 Å². The summed E-state index contributed by atoms with van der Waals surface area (Å²) in [5, 5.41) is 3.16. The fourth-order valence-electron chi connectivity index (χ4n) is 1.56. The Balaban J connectivity index is 2.40. The molecule has 1 aliphatic heterocycles. The molecule has 0 aliphatic carbocycles. The highest BCUT2D eigenvalue weighted by Gasteiger charge is 2.33. The molecule has 0 fully saturated rings. The predicted molar refractivity (Wildman–Crippen MR) is 66.5 cm³/mol. The molecule has 2 N–H and O–H groups in total. The second-order valence-corrected chi connectivity index (χ2v) is 7.47. The molecule has 0 bridgehead atoms. The molecule has 0 saturated heterocycles. The summed E-state index contributed by atoms with van der Waals surface area (Å²) in [6, 6.07) is 1.66. The second-order valence-electron chi connectivity index (χ2n) is 3.88. The van der Waals surface area contributed by atoms with Gasteiger partial charge in [0, 0.05) is 0 Å².